The Kier molecular flexibility index (Phi) is 6.13. The Morgan fingerprint density at radius 1 is 0.938 bits per heavy atom. The standard InChI is InChI=1S/C28H30N2O2/c1-5-18-32-27(31)22-12-10-20(11-13-22)19-30-25-9-7-6-8-24(25)29-26(30)21-14-16-23(17-15-21)28(2,3)4/h6-17H,5,18-19H2,1-4H3. The van der Waals surface area contributed by atoms with E-state index in [9.17, 15) is 4.79 Å². The van der Waals surface area contributed by atoms with Crippen LogP contribution in [0.15, 0.2) is 72.8 Å². The van der Waals surface area contributed by atoms with E-state index in [-0.39, 0.29) is 11.4 Å². The van der Waals surface area contributed by atoms with Crippen LogP contribution in [0.25, 0.3) is 22.4 Å². The van der Waals surface area contributed by atoms with Crippen LogP contribution in [-0.4, -0.2) is 22.1 Å². The first-order valence-corrected chi connectivity index (χ1v) is 11.2. The van der Waals surface area contributed by atoms with Crippen LogP contribution in [0, 0.1) is 0 Å². The summed E-state index contributed by atoms with van der Waals surface area (Å²) in [6.45, 7) is 9.76. The van der Waals surface area contributed by atoms with Gasteiger partial charge in [0.1, 0.15) is 5.82 Å². The lowest BCUT2D eigenvalue weighted by Gasteiger charge is -2.19. The van der Waals surface area contributed by atoms with Crippen molar-refractivity contribution in [3.05, 3.63) is 89.5 Å². The molecule has 0 amide bonds. The van der Waals surface area contributed by atoms with Crippen LogP contribution in [0.1, 0.15) is 55.6 Å². The first kappa shape index (κ1) is 21.8. The smallest absolute Gasteiger partial charge is 0.338 e. The van der Waals surface area contributed by atoms with Crippen molar-refractivity contribution in [1.82, 2.24) is 9.55 Å². The number of ether oxygens (including phenoxy) is 1. The lowest BCUT2D eigenvalue weighted by atomic mass is 9.87. The van der Waals surface area contributed by atoms with Crippen molar-refractivity contribution >= 4 is 17.0 Å². The van der Waals surface area contributed by atoms with Gasteiger partial charge in [-0.3, -0.25) is 0 Å². The van der Waals surface area contributed by atoms with E-state index in [0.29, 0.717) is 18.7 Å². The number of aromatic nitrogens is 2. The third kappa shape index (κ3) is 4.59. The SMILES string of the molecule is CCCOC(=O)c1ccc(Cn2c(-c3ccc(C(C)(C)C)cc3)nc3ccccc32)cc1. The quantitative estimate of drug-likeness (QED) is 0.326. The Bertz CT molecular complexity index is 1210. The van der Waals surface area contributed by atoms with Crippen LogP contribution in [0.4, 0.5) is 0 Å². The Hall–Kier alpha value is -3.40. The minimum atomic E-state index is -0.272. The molecule has 0 spiro atoms. The molecular formula is C28H30N2O2. The fourth-order valence-electron chi connectivity index (χ4n) is 3.78. The Balaban J connectivity index is 1.67. The van der Waals surface area contributed by atoms with E-state index >= 15 is 0 Å². The van der Waals surface area contributed by atoms with Gasteiger partial charge in [-0.25, -0.2) is 9.78 Å². The molecule has 4 rings (SSSR count). The maximum absolute atomic E-state index is 12.1. The van der Waals surface area contributed by atoms with E-state index in [4.69, 9.17) is 9.72 Å². The summed E-state index contributed by atoms with van der Waals surface area (Å²) in [7, 11) is 0. The molecule has 0 aliphatic rings. The minimum Gasteiger partial charge on any atom is -0.462 e. The van der Waals surface area contributed by atoms with Crippen LogP contribution in [-0.2, 0) is 16.7 Å². The number of hydrogen-bond donors (Lipinski definition) is 0. The molecule has 0 radical (unpaired) electrons. The molecule has 0 bridgehead atoms. The molecule has 0 aliphatic heterocycles. The lowest BCUT2D eigenvalue weighted by Crippen LogP contribution is -2.10. The molecule has 32 heavy (non-hydrogen) atoms. The van der Waals surface area contributed by atoms with Crippen molar-refractivity contribution < 1.29 is 9.53 Å². The van der Waals surface area contributed by atoms with E-state index in [0.717, 1.165) is 34.4 Å². The molecule has 4 nitrogen and oxygen atoms in total. The highest BCUT2D eigenvalue weighted by Crippen LogP contribution is 2.29. The van der Waals surface area contributed by atoms with Gasteiger partial charge in [-0.1, -0.05) is 76.2 Å². The van der Waals surface area contributed by atoms with E-state index in [1.165, 1.54) is 5.56 Å². The molecule has 1 aromatic heterocycles. The maximum atomic E-state index is 12.1. The van der Waals surface area contributed by atoms with Gasteiger partial charge in [0.2, 0.25) is 0 Å². The van der Waals surface area contributed by atoms with E-state index in [2.05, 4.69) is 55.7 Å². The Morgan fingerprint density at radius 2 is 1.62 bits per heavy atom. The molecule has 0 atom stereocenters. The topological polar surface area (TPSA) is 44.1 Å². The molecule has 0 fully saturated rings. The Labute approximate surface area is 189 Å². The number of para-hydroxylation sites is 2. The van der Waals surface area contributed by atoms with Crippen molar-refractivity contribution in [2.45, 2.75) is 46.1 Å². The highest BCUT2D eigenvalue weighted by atomic mass is 16.5. The molecule has 0 saturated carbocycles. The molecule has 4 heteroatoms. The van der Waals surface area contributed by atoms with Gasteiger partial charge in [0.25, 0.3) is 0 Å². The van der Waals surface area contributed by atoms with E-state index < -0.39 is 0 Å². The van der Waals surface area contributed by atoms with Crippen LogP contribution in [0.2, 0.25) is 0 Å². The predicted octanol–water partition coefficient (Wildman–Crippen LogP) is 6.62. The van der Waals surface area contributed by atoms with Crippen molar-refractivity contribution in [2.24, 2.45) is 0 Å². The molecule has 0 aliphatic carbocycles. The van der Waals surface area contributed by atoms with Gasteiger partial charge < -0.3 is 9.30 Å². The summed E-state index contributed by atoms with van der Waals surface area (Å²) < 4.78 is 7.48. The summed E-state index contributed by atoms with van der Waals surface area (Å²) in [5, 5.41) is 0. The molecule has 0 N–H and O–H groups in total. The van der Waals surface area contributed by atoms with Gasteiger partial charge >= 0.3 is 5.97 Å². The summed E-state index contributed by atoms with van der Waals surface area (Å²) in [5.74, 6) is 0.671. The van der Waals surface area contributed by atoms with Gasteiger partial charge in [-0.05, 0) is 47.2 Å². The normalized spacial score (nSPS) is 11.6. The van der Waals surface area contributed by atoms with Crippen LogP contribution in [0.5, 0.6) is 0 Å². The molecule has 164 valence electrons. The number of rotatable bonds is 6. The maximum Gasteiger partial charge on any atom is 0.338 e. The number of nitrogens with zero attached hydrogens (tertiary/aromatic N) is 2. The first-order chi connectivity index (χ1) is 15.4. The number of carbonyl (C=O) groups is 1. The first-order valence-electron chi connectivity index (χ1n) is 11.2. The molecule has 4 aromatic rings. The van der Waals surface area contributed by atoms with Gasteiger partial charge in [0, 0.05) is 12.1 Å². The van der Waals surface area contributed by atoms with Gasteiger partial charge in [-0.2, -0.15) is 0 Å². The number of imidazole rings is 1. The van der Waals surface area contributed by atoms with Crippen molar-refractivity contribution in [1.29, 1.82) is 0 Å². The summed E-state index contributed by atoms with van der Waals surface area (Å²) in [4.78, 5) is 17.0. The zero-order chi connectivity index (χ0) is 22.7. The van der Waals surface area contributed by atoms with Crippen LogP contribution >= 0.6 is 0 Å². The van der Waals surface area contributed by atoms with Crippen molar-refractivity contribution in [2.75, 3.05) is 6.61 Å². The largest absolute Gasteiger partial charge is 0.462 e. The van der Waals surface area contributed by atoms with Gasteiger partial charge in [0.05, 0.1) is 23.2 Å². The average Bonchev–Trinajstić information content (AvgIpc) is 3.16. The monoisotopic (exact) mass is 426 g/mol. The number of fused-ring (bicyclic) bond motifs is 1. The Morgan fingerprint density at radius 3 is 2.28 bits per heavy atom. The molecule has 0 unspecified atom stereocenters. The highest BCUT2D eigenvalue weighted by Gasteiger charge is 2.16. The second kappa shape index (κ2) is 8.99. The van der Waals surface area contributed by atoms with Crippen molar-refractivity contribution in [3.63, 3.8) is 0 Å². The number of carbonyl (C=O) groups excluding carboxylic acids is 1. The third-order valence-corrected chi connectivity index (χ3v) is 5.63. The zero-order valence-corrected chi connectivity index (χ0v) is 19.3. The number of hydrogen-bond acceptors (Lipinski definition) is 3. The summed E-state index contributed by atoms with van der Waals surface area (Å²) in [5.41, 5.74) is 6.25. The summed E-state index contributed by atoms with van der Waals surface area (Å²) in [6, 6.07) is 24.6. The fourth-order valence-corrected chi connectivity index (χ4v) is 3.78. The third-order valence-electron chi connectivity index (χ3n) is 5.63. The number of esters is 1. The predicted molar refractivity (Wildman–Crippen MR) is 130 cm³/mol. The molecule has 0 saturated heterocycles. The van der Waals surface area contributed by atoms with Crippen molar-refractivity contribution in [3.8, 4) is 11.4 Å². The lowest BCUT2D eigenvalue weighted by molar-refractivity contribution is 0.0505. The molecule has 3 aromatic carbocycles. The van der Waals surface area contributed by atoms with E-state index in [1.807, 2.05) is 49.4 Å². The fraction of sp³-hybridized carbons (Fsp3) is 0.286. The van der Waals surface area contributed by atoms with Gasteiger partial charge in [0.15, 0.2) is 0 Å². The van der Waals surface area contributed by atoms with E-state index in [1.54, 1.807) is 0 Å². The van der Waals surface area contributed by atoms with Crippen LogP contribution < -0.4 is 0 Å². The number of benzene rings is 3. The molecule has 1 heterocycles. The second-order valence-electron chi connectivity index (χ2n) is 9.17. The van der Waals surface area contributed by atoms with Gasteiger partial charge in [-0.15, -0.1) is 0 Å². The summed E-state index contributed by atoms with van der Waals surface area (Å²) >= 11 is 0. The highest BCUT2D eigenvalue weighted by molar-refractivity contribution is 5.89. The average molecular weight is 427 g/mol. The second-order valence-corrected chi connectivity index (χ2v) is 9.17. The zero-order valence-electron chi connectivity index (χ0n) is 19.3. The minimum absolute atomic E-state index is 0.110. The molecular weight excluding hydrogens is 396 g/mol. The van der Waals surface area contributed by atoms with Crippen LogP contribution in [0.3, 0.4) is 0 Å². The summed E-state index contributed by atoms with van der Waals surface area (Å²) in [6.07, 6.45) is 0.817.